The van der Waals surface area contributed by atoms with Gasteiger partial charge in [-0.2, -0.15) is 5.10 Å². The lowest BCUT2D eigenvalue weighted by Crippen LogP contribution is -2.41. The van der Waals surface area contributed by atoms with E-state index in [0.29, 0.717) is 11.8 Å². The van der Waals surface area contributed by atoms with E-state index in [4.69, 9.17) is 14.0 Å². The Balaban J connectivity index is 1.89. The summed E-state index contributed by atoms with van der Waals surface area (Å²) in [6, 6.07) is 4.03. The van der Waals surface area contributed by atoms with Crippen LogP contribution in [0.4, 0.5) is 0 Å². The van der Waals surface area contributed by atoms with Crippen LogP contribution in [-0.4, -0.2) is 40.2 Å². The summed E-state index contributed by atoms with van der Waals surface area (Å²) < 4.78 is 19.5. The predicted molar refractivity (Wildman–Crippen MR) is 102 cm³/mol. The van der Waals surface area contributed by atoms with Crippen molar-refractivity contribution in [2.45, 2.75) is 58.8 Å². The van der Waals surface area contributed by atoms with Gasteiger partial charge >= 0.3 is 7.12 Å². The predicted octanol–water partition coefficient (Wildman–Crippen LogP) is 2.83. The number of nitrogens with zero attached hydrogens (tertiary/aromatic N) is 3. The van der Waals surface area contributed by atoms with E-state index < -0.39 is 7.12 Å². The quantitative estimate of drug-likeness (QED) is 0.771. The Labute approximate surface area is 156 Å². The molecule has 1 atom stereocenters. The molecule has 2 aromatic rings. The Hall–Kier alpha value is -1.86. The van der Waals surface area contributed by atoms with Crippen molar-refractivity contribution in [1.82, 2.24) is 14.8 Å². The van der Waals surface area contributed by atoms with Gasteiger partial charge in [0.2, 0.25) is 5.88 Å². The molecule has 26 heavy (non-hydrogen) atoms. The first-order valence-corrected chi connectivity index (χ1v) is 9.04. The lowest BCUT2D eigenvalue weighted by atomic mass is 9.82. The Morgan fingerprint density at radius 1 is 1.15 bits per heavy atom. The van der Waals surface area contributed by atoms with Gasteiger partial charge in [-0.05, 0) is 45.2 Å². The van der Waals surface area contributed by atoms with Gasteiger partial charge < -0.3 is 14.0 Å². The molecule has 0 bridgehead atoms. The van der Waals surface area contributed by atoms with Gasteiger partial charge in [0.05, 0.1) is 24.4 Å². The summed E-state index contributed by atoms with van der Waals surface area (Å²) in [5, 5.41) is 4.61. The van der Waals surface area contributed by atoms with Crippen molar-refractivity contribution in [3.63, 3.8) is 0 Å². The second-order valence-electron chi connectivity index (χ2n) is 8.16. The summed E-state index contributed by atoms with van der Waals surface area (Å²) in [7, 11) is 1.22. The minimum atomic E-state index is -0.409. The van der Waals surface area contributed by atoms with E-state index in [-0.39, 0.29) is 17.2 Å². The zero-order valence-electron chi connectivity index (χ0n) is 16.7. The Morgan fingerprint density at radius 2 is 1.81 bits per heavy atom. The molecule has 0 N–H and O–H groups in total. The number of aromatic nitrogens is 3. The molecule has 0 spiro atoms. The first-order chi connectivity index (χ1) is 12.1. The van der Waals surface area contributed by atoms with E-state index >= 15 is 0 Å². The summed E-state index contributed by atoms with van der Waals surface area (Å²) in [5.41, 5.74) is 1.30. The first kappa shape index (κ1) is 18.9. The smallest absolute Gasteiger partial charge is 0.481 e. The van der Waals surface area contributed by atoms with Crippen LogP contribution in [0.2, 0.25) is 0 Å². The summed E-state index contributed by atoms with van der Waals surface area (Å²) in [5.74, 6) is 0.944. The lowest BCUT2D eigenvalue weighted by Gasteiger charge is -2.32. The van der Waals surface area contributed by atoms with Gasteiger partial charge in [0, 0.05) is 30.1 Å². The fourth-order valence-electron chi connectivity index (χ4n) is 3.17. The van der Waals surface area contributed by atoms with Crippen LogP contribution < -0.4 is 10.2 Å². The highest BCUT2D eigenvalue weighted by Gasteiger charge is 2.52. The molecule has 2 aromatic heterocycles. The molecule has 7 heteroatoms. The average molecular weight is 357 g/mol. The zero-order chi connectivity index (χ0) is 19.1. The van der Waals surface area contributed by atoms with Crippen LogP contribution in [0.25, 0.3) is 0 Å². The normalized spacial score (nSPS) is 19.8. The van der Waals surface area contributed by atoms with Crippen LogP contribution in [0.15, 0.2) is 30.7 Å². The molecule has 1 saturated heterocycles. The second-order valence-corrected chi connectivity index (χ2v) is 8.16. The Kier molecular flexibility index (Phi) is 4.88. The topological polar surface area (TPSA) is 58.4 Å². The maximum atomic E-state index is 6.14. The Morgan fingerprint density at radius 3 is 2.38 bits per heavy atom. The molecule has 0 saturated carbocycles. The standard InChI is InChI=1S/C19H28BN3O3/c1-13(2)17(14-8-9-21-16(10-14)24-7)23-12-15(11-22-23)20-25-18(3,4)19(5,6)26-20/h8-13,17H,1-7H3. The first-order valence-electron chi connectivity index (χ1n) is 9.04. The third-order valence-electron chi connectivity index (χ3n) is 5.37. The highest BCUT2D eigenvalue weighted by Crippen LogP contribution is 2.36. The molecule has 0 radical (unpaired) electrons. The maximum Gasteiger partial charge on any atom is 0.498 e. The van der Waals surface area contributed by atoms with Gasteiger partial charge in [-0.15, -0.1) is 0 Å². The van der Waals surface area contributed by atoms with Crippen LogP contribution in [0.5, 0.6) is 5.88 Å². The van der Waals surface area contributed by atoms with E-state index in [1.807, 2.05) is 29.2 Å². The molecular formula is C19H28BN3O3. The summed E-state index contributed by atoms with van der Waals surface area (Å²) in [6.45, 7) is 12.6. The minimum absolute atomic E-state index is 0.0723. The van der Waals surface area contributed by atoms with Crippen molar-refractivity contribution in [3.8, 4) is 5.88 Å². The molecule has 0 aliphatic carbocycles. The number of methoxy groups -OCH3 is 1. The summed E-state index contributed by atoms with van der Waals surface area (Å²) in [6.07, 6.45) is 5.61. The number of rotatable bonds is 5. The maximum absolute atomic E-state index is 6.14. The van der Waals surface area contributed by atoms with Crippen LogP contribution in [0.3, 0.4) is 0 Å². The monoisotopic (exact) mass is 357 g/mol. The largest absolute Gasteiger partial charge is 0.498 e. The van der Waals surface area contributed by atoms with Crippen LogP contribution >= 0.6 is 0 Å². The van der Waals surface area contributed by atoms with Gasteiger partial charge in [-0.3, -0.25) is 4.68 Å². The molecular weight excluding hydrogens is 329 g/mol. The third kappa shape index (κ3) is 3.38. The van der Waals surface area contributed by atoms with E-state index in [1.54, 1.807) is 13.3 Å². The van der Waals surface area contributed by atoms with E-state index in [9.17, 15) is 0 Å². The second kappa shape index (κ2) is 6.70. The minimum Gasteiger partial charge on any atom is -0.481 e. The Bertz CT molecular complexity index is 757. The van der Waals surface area contributed by atoms with Gasteiger partial charge in [0.25, 0.3) is 0 Å². The highest BCUT2D eigenvalue weighted by atomic mass is 16.7. The molecule has 0 aromatic carbocycles. The molecule has 1 aliphatic rings. The molecule has 1 fully saturated rings. The molecule has 3 heterocycles. The van der Waals surface area contributed by atoms with Crippen molar-refractivity contribution in [3.05, 3.63) is 36.3 Å². The number of hydrogen-bond donors (Lipinski definition) is 0. The van der Waals surface area contributed by atoms with Crippen LogP contribution in [0.1, 0.15) is 53.1 Å². The average Bonchev–Trinajstić information content (AvgIpc) is 3.10. The van der Waals surface area contributed by atoms with E-state index in [0.717, 1.165) is 11.0 Å². The van der Waals surface area contributed by atoms with Crippen molar-refractivity contribution >= 4 is 12.6 Å². The SMILES string of the molecule is COc1cc(C(C(C)C)n2cc(B3OC(C)(C)C(C)(C)O3)cn2)ccn1. The van der Waals surface area contributed by atoms with Crippen molar-refractivity contribution in [2.24, 2.45) is 5.92 Å². The molecule has 6 nitrogen and oxygen atoms in total. The molecule has 1 aliphatic heterocycles. The van der Waals surface area contributed by atoms with E-state index in [1.165, 1.54) is 0 Å². The molecule has 140 valence electrons. The number of hydrogen-bond acceptors (Lipinski definition) is 5. The molecule has 3 rings (SSSR count). The van der Waals surface area contributed by atoms with Gasteiger partial charge in [-0.25, -0.2) is 4.98 Å². The van der Waals surface area contributed by atoms with Gasteiger partial charge in [0.15, 0.2) is 0 Å². The van der Waals surface area contributed by atoms with Gasteiger partial charge in [0.1, 0.15) is 0 Å². The van der Waals surface area contributed by atoms with Crippen LogP contribution in [0, 0.1) is 5.92 Å². The van der Waals surface area contributed by atoms with Crippen molar-refractivity contribution in [2.75, 3.05) is 7.11 Å². The molecule has 0 amide bonds. The number of pyridine rings is 1. The fourth-order valence-corrected chi connectivity index (χ4v) is 3.17. The summed E-state index contributed by atoms with van der Waals surface area (Å²) >= 11 is 0. The lowest BCUT2D eigenvalue weighted by molar-refractivity contribution is 0.00578. The van der Waals surface area contributed by atoms with Crippen LogP contribution in [-0.2, 0) is 9.31 Å². The number of ether oxygens (including phenoxy) is 1. The van der Waals surface area contributed by atoms with Crippen molar-refractivity contribution < 1.29 is 14.0 Å². The van der Waals surface area contributed by atoms with E-state index in [2.05, 4.69) is 51.6 Å². The fraction of sp³-hybridized carbons (Fsp3) is 0.579. The summed E-state index contributed by atoms with van der Waals surface area (Å²) in [4.78, 5) is 4.20. The third-order valence-corrected chi connectivity index (χ3v) is 5.37. The van der Waals surface area contributed by atoms with Gasteiger partial charge in [-0.1, -0.05) is 13.8 Å². The molecule has 1 unspecified atom stereocenters. The van der Waals surface area contributed by atoms with Crippen molar-refractivity contribution in [1.29, 1.82) is 0 Å². The zero-order valence-corrected chi connectivity index (χ0v) is 16.7. The highest BCUT2D eigenvalue weighted by molar-refractivity contribution is 6.62.